The Hall–Kier alpha value is -3.89. The summed E-state index contributed by atoms with van der Waals surface area (Å²) in [5.41, 5.74) is 1.93. The molecule has 3 rings (SSSR count). The molecule has 2 aromatic rings. The van der Waals surface area contributed by atoms with Gasteiger partial charge < -0.3 is 34.7 Å². The van der Waals surface area contributed by atoms with Crippen molar-refractivity contribution in [3.8, 4) is 5.75 Å². The van der Waals surface area contributed by atoms with Crippen LogP contribution >= 0.6 is 0 Å². The van der Waals surface area contributed by atoms with Crippen molar-refractivity contribution in [2.75, 3.05) is 47.0 Å². The smallest absolute Gasteiger partial charge is 0.304 e. The molecule has 0 radical (unpaired) electrons. The quantitative estimate of drug-likeness (QED) is 0.305. The lowest BCUT2D eigenvalue weighted by atomic mass is 9.95. The van der Waals surface area contributed by atoms with Crippen LogP contribution in [-0.4, -0.2) is 85.4 Å². The van der Waals surface area contributed by atoms with Gasteiger partial charge in [0.15, 0.2) is 0 Å². The summed E-state index contributed by atoms with van der Waals surface area (Å²) in [5, 5.41) is 15.2. The summed E-state index contributed by atoms with van der Waals surface area (Å²) in [6.45, 7) is 3.42. The SMILES string of the molecule is CN(C)CCCOc1ccc(CCC[C@H](CC(=O)O)C(=O)NC2Cc3ccccccn(c3)CCOCCNC2=O)cc1. The molecule has 2 amide bonds. The van der Waals surface area contributed by atoms with Crippen LogP contribution in [0.15, 0.2) is 67.0 Å². The van der Waals surface area contributed by atoms with Gasteiger partial charge in [0.25, 0.3) is 0 Å². The number of ether oxygens (including phenoxy) is 2. The maximum atomic E-state index is 13.4. The first-order chi connectivity index (χ1) is 20.8. The van der Waals surface area contributed by atoms with E-state index < -0.39 is 23.8 Å². The van der Waals surface area contributed by atoms with E-state index in [2.05, 4.69) is 15.5 Å². The maximum Gasteiger partial charge on any atom is 0.304 e. The van der Waals surface area contributed by atoms with Crippen molar-refractivity contribution in [3.63, 3.8) is 0 Å². The topological polar surface area (TPSA) is 122 Å². The predicted molar refractivity (Wildman–Crippen MR) is 165 cm³/mol. The number of carbonyl (C=O) groups is 3. The van der Waals surface area contributed by atoms with E-state index in [0.29, 0.717) is 52.2 Å². The van der Waals surface area contributed by atoms with Crippen LogP contribution in [0, 0.1) is 5.92 Å². The van der Waals surface area contributed by atoms with E-state index in [9.17, 15) is 19.5 Å². The van der Waals surface area contributed by atoms with Gasteiger partial charge in [-0.05, 0) is 69.1 Å². The van der Waals surface area contributed by atoms with Crippen molar-refractivity contribution in [1.82, 2.24) is 20.1 Å². The molecule has 1 unspecified atom stereocenters. The van der Waals surface area contributed by atoms with Gasteiger partial charge in [0.05, 0.1) is 26.2 Å². The highest BCUT2D eigenvalue weighted by Gasteiger charge is 2.27. The van der Waals surface area contributed by atoms with Crippen molar-refractivity contribution < 1.29 is 29.0 Å². The zero-order chi connectivity index (χ0) is 30.9. The number of carboxylic acids is 1. The molecule has 10 heteroatoms. The Morgan fingerprint density at radius 1 is 1.12 bits per heavy atom. The molecule has 0 spiro atoms. The van der Waals surface area contributed by atoms with Crippen LogP contribution in [0.25, 0.3) is 0 Å². The normalized spacial score (nSPS) is 16.2. The van der Waals surface area contributed by atoms with Gasteiger partial charge in [0.1, 0.15) is 11.8 Å². The summed E-state index contributed by atoms with van der Waals surface area (Å²) >= 11 is 0. The highest BCUT2D eigenvalue weighted by Crippen LogP contribution is 2.18. The lowest BCUT2D eigenvalue weighted by Crippen LogP contribution is -2.50. The van der Waals surface area contributed by atoms with Gasteiger partial charge in [0, 0.05) is 44.4 Å². The van der Waals surface area contributed by atoms with Crippen LogP contribution in [0.4, 0.5) is 0 Å². The van der Waals surface area contributed by atoms with Crippen molar-refractivity contribution >= 4 is 17.8 Å². The highest BCUT2D eigenvalue weighted by molar-refractivity contribution is 5.90. The number of nitrogens with zero attached hydrogens (tertiary/aromatic N) is 2. The third-order valence-electron chi connectivity index (χ3n) is 7.12. The summed E-state index contributed by atoms with van der Waals surface area (Å²) < 4.78 is 13.4. The second kappa shape index (κ2) is 18.6. The average molecular weight is 595 g/mol. The molecule has 1 aromatic heterocycles. The van der Waals surface area contributed by atoms with Crippen LogP contribution in [0.1, 0.15) is 36.8 Å². The Bertz CT molecular complexity index is 1210. The Morgan fingerprint density at radius 2 is 1.91 bits per heavy atom. The molecule has 1 aliphatic rings. The summed E-state index contributed by atoms with van der Waals surface area (Å²) in [5.74, 6) is -1.76. The van der Waals surface area contributed by atoms with E-state index in [1.807, 2.05) is 85.7 Å². The predicted octanol–water partition coefficient (Wildman–Crippen LogP) is 3.23. The van der Waals surface area contributed by atoms with E-state index in [0.717, 1.165) is 29.8 Å². The highest BCUT2D eigenvalue weighted by atomic mass is 16.5. The fraction of sp³-hybridized carbons (Fsp3) is 0.485. The van der Waals surface area contributed by atoms with Crippen LogP contribution in [0.5, 0.6) is 5.75 Å². The van der Waals surface area contributed by atoms with Gasteiger partial charge in [0.2, 0.25) is 11.8 Å². The molecule has 2 atom stereocenters. The van der Waals surface area contributed by atoms with E-state index in [-0.39, 0.29) is 18.7 Å². The van der Waals surface area contributed by atoms with E-state index >= 15 is 0 Å². The molecule has 10 nitrogen and oxygen atoms in total. The number of aryl methyl sites for hydroxylation is 1. The van der Waals surface area contributed by atoms with E-state index in [4.69, 9.17) is 9.47 Å². The first-order valence-corrected chi connectivity index (χ1v) is 15.0. The van der Waals surface area contributed by atoms with Crippen LogP contribution in [-0.2, 0) is 38.5 Å². The lowest BCUT2D eigenvalue weighted by Gasteiger charge is -2.22. The van der Waals surface area contributed by atoms with Crippen LogP contribution in [0.3, 0.4) is 0 Å². The third-order valence-corrected chi connectivity index (χ3v) is 7.12. The number of aromatic nitrogens is 1. The van der Waals surface area contributed by atoms with Gasteiger partial charge >= 0.3 is 5.97 Å². The monoisotopic (exact) mass is 594 g/mol. The lowest BCUT2D eigenvalue weighted by molar-refractivity contribution is -0.141. The van der Waals surface area contributed by atoms with Gasteiger partial charge in [-0.2, -0.15) is 0 Å². The second-order valence-electron chi connectivity index (χ2n) is 11.0. The molecule has 0 fully saturated rings. The van der Waals surface area contributed by atoms with Crippen LogP contribution < -0.4 is 15.4 Å². The zero-order valence-electron chi connectivity index (χ0n) is 25.4. The number of nitrogens with one attached hydrogen (secondary N) is 2. The first-order valence-electron chi connectivity index (χ1n) is 15.0. The Morgan fingerprint density at radius 3 is 2.67 bits per heavy atom. The molecule has 0 saturated carbocycles. The minimum atomic E-state index is -1.05. The van der Waals surface area contributed by atoms with Crippen LogP contribution in [0.2, 0.25) is 0 Å². The fourth-order valence-electron chi connectivity index (χ4n) is 4.82. The summed E-state index contributed by atoms with van der Waals surface area (Å²) in [7, 11) is 4.07. The van der Waals surface area contributed by atoms with Gasteiger partial charge in [-0.3, -0.25) is 14.4 Å². The second-order valence-corrected chi connectivity index (χ2v) is 11.0. The van der Waals surface area contributed by atoms with E-state index in [1.54, 1.807) is 0 Å². The van der Waals surface area contributed by atoms with Gasteiger partial charge in [-0.25, -0.2) is 0 Å². The molecular weight excluding hydrogens is 548 g/mol. The number of carbonyl (C=O) groups excluding carboxylic acids is 2. The number of amides is 2. The molecule has 0 aliphatic carbocycles. The molecule has 1 aromatic carbocycles. The molecular formula is C33H46N4O6. The number of benzene rings is 1. The summed E-state index contributed by atoms with van der Waals surface area (Å²) in [6.07, 6.45) is 6.48. The standard InChI is InChI=1S/C33H46N4O6/c1-36(2)17-8-20-43-29-14-12-26(13-15-29)10-7-11-28(24-31(38)39)32(40)35-30-23-27-9-5-3-4-6-18-37(25-27)19-22-42-21-16-34-33(30)41/h3-6,9,12-15,18,25,28,30H,7-8,10-11,16-17,19-24H2,1-2H3,(H,34,41)(H,35,40)(H,38,39)/t28-,30?/m1/s1. The zero-order valence-corrected chi connectivity index (χ0v) is 25.4. The Balaban J connectivity index is 1.64. The number of fused-ring (bicyclic) bond motifs is 2. The number of hydrogen-bond acceptors (Lipinski definition) is 6. The van der Waals surface area contributed by atoms with Crippen molar-refractivity contribution in [1.29, 1.82) is 0 Å². The van der Waals surface area contributed by atoms with Gasteiger partial charge in [-0.15, -0.1) is 0 Å². The minimum Gasteiger partial charge on any atom is -0.494 e. The van der Waals surface area contributed by atoms with Crippen molar-refractivity contribution in [2.24, 2.45) is 5.92 Å². The minimum absolute atomic E-state index is 0.260. The molecule has 43 heavy (non-hydrogen) atoms. The largest absolute Gasteiger partial charge is 0.494 e. The molecule has 3 N–H and O–H groups in total. The Kier molecular flexibility index (Phi) is 14.5. The average Bonchev–Trinajstić information content (AvgIpc) is 3.08. The maximum absolute atomic E-state index is 13.4. The fourth-order valence-corrected chi connectivity index (χ4v) is 4.82. The molecule has 234 valence electrons. The summed E-state index contributed by atoms with van der Waals surface area (Å²) in [6, 6.07) is 16.5. The first kappa shape index (κ1) is 33.6. The number of rotatable bonds is 13. The molecule has 1 aliphatic heterocycles. The van der Waals surface area contributed by atoms with Crippen molar-refractivity contribution in [3.05, 3.63) is 78.1 Å². The molecule has 2 heterocycles. The Labute approximate surface area is 254 Å². The van der Waals surface area contributed by atoms with Crippen molar-refractivity contribution in [2.45, 2.75) is 51.1 Å². The molecule has 0 saturated heterocycles. The third kappa shape index (κ3) is 13.3. The number of carboxylic acid groups (broad SMARTS) is 1. The number of hydrogen-bond donors (Lipinski definition) is 3. The molecule has 2 bridgehead atoms. The number of aliphatic carboxylic acids is 1. The van der Waals surface area contributed by atoms with E-state index in [1.165, 1.54) is 0 Å². The summed E-state index contributed by atoms with van der Waals surface area (Å²) in [4.78, 5) is 40.3. The van der Waals surface area contributed by atoms with Gasteiger partial charge in [-0.1, -0.05) is 36.4 Å².